The van der Waals surface area contributed by atoms with Crippen LogP contribution < -0.4 is 0 Å². The molecule has 0 aliphatic rings. The third-order valence-electron chi connectivity index (χ3n) is 3.55. The lowest BCUT2D eigenvalue weighted by molar-refractivity contribution is -0.0285. The fraction of sp³-hybridized carbons (Fsp3) is 0.889. The molecule has 2 nitrogen and oxygen atoms in total. The zero-order chi connectivity index (χ0) is 15.4. The molecule has 0 saturated heterocycles. The van der Waals surface area contributed by atoms with Crippen LogP contribution in [0, 0.1) is 0 Å². The zero-order valence-corrected chi connectivity index (χ0v) is 15.5. The SMILES string of the molecule is COCOCCC=CCCCCCCCCCCCCBr. The fourth-order valence-corrected chi connectivity index (χ4v) is 2.70. The average molecular weight is 363 g/mol. The predicted octanol–water partition coefficient (Wildman–Crippen LogP) is 6.24. The second kappa shape index (κ2) is 20.1. The summed E-state index contributed by atoms with van der Waals surface area (Å²) in [7, 11) is 1.65. The molecule has 0 spiro atoms. The Labute approximate surface area is 140 Å². The first-order chi connectivity index (χ1) is 10.4. The van der Waals surface area contributed by atoms with Gasteiger partial charge in [0, 0.05) is 12.4 Å². The van der Waals surface area contributed by atoms with Gasteiger partial charge in [0.1, 0.15) is 6.79 Å². The molecule has 0 aliphatic heterocycles. The van der Waals surface area contributed by atoms with Crippen molar-refractivity contribution in [3.8, 4) is 0 Å². The summed E-state index contributed by atoms with van der Waals surface area (Å²) >= 11 is 3.48. The lowest BCUT2D eigenvalue weighted by atomic mass is 10.1. The standard InChI is InChI=1S/C18H35BrO2/c1-20-18-21-17-15-13-11-9-7-5-3-2-4-6-8-10-12-14-16-19/h11,13H,2-10,12,14-18H2,1H3. The molecule has 0 N–H and O–H groups in total. The molecule has 0 fully saturated rings. The van der Waals surface area contributed by atoms with Gasteiger partial charge in [0.2, 0.25) is 0 Å². The molecule has 0 heterocycles. The Balaban J connectivity index is 3.00. The molecule has 3 heteroatoms. The number of ether oxygens (including phenoxy) is 2. The highest BCUT2D eigenvalue weighted by Crippen LogP contribution is 2.11. The molecule has 0 atom stereocenters. The Kier molecular flexibility index (Phi) is 20.3. The number of unbranched alkanes of at least 4 members (excludes halogenated alkanes) is 10. The highest BCUT2D eigenvalue weighted by atomic mass is 79.9. The topological polar surface area (TPSA) is 18.5 Å². The number of halogens is 1. The van der Waals surface area contributed by atoms with Crippen molar-refractivity contribution in [1.29, 1.82) is 0 Å². The first-order valence-electron chi connectivity index (χ1n) is 8.69. The van der Waals surface area contributed by atoms with Crippen LogP contribution in [0.15, 0.2) is 12.2 Å². The quantitative estimate of drug-likeness (QED) is 0.132. The second-order valence-corrected chi connectivity index (χ2v) is 6.38. The smallest absolute Gasteiger partial charge is 0.146 e. The van der Waals surface area contributed by atoms with Crippen molar-refractivity contribution in [3.63, 3.8) is 0 Å². The van der Waals surface area contributed by atoms with Gasteiger partial charge in [-0.1, -0.05) is 79.4 Å². The van der Waals surface area contributed by atoms with Gasteiger partial charge in [-0.2, -0.15) is 0 Å². The van der Waals surface area contributed by atoms with Crippen LogP contribution in [-0.4, -0.2) is 25.8 Å². The summed E-state index contributed by atoms with van der Waals surface area (Å²) in [6.45, 7) is 1.17. The van der Waals surface area contributed by atoms with Gasteiger partial charge < -0.3 is 9.47 Å². The van der Waals surface area contributed by atoms with Gasteiger partial charge in [0.15, 0.2) is 0 Å². The van der Waals surface area contributed by atoms with Crippen molar-refractivity contribution >= 4 is 15.9 Å². The van der Waals surface area contributed by atoms with Crippen molar-refractivity contribution in [2.75, 3.05) is 25.8 Å². The molecular weight excluding hydrogens is 328 g/mol. The fourth-order valence-electron chi connectivity index (χ4n) is 2.30. The van der Waals surface area contributed by atoms with E-state index in [2.05, 4.69) is 28.1 Å². The van der Waals surface area contributed by atoms with E-state index in [0.29, 0.717) is 6.79 Å². The lowest BCUT2D eigenvalue weighted by Crippen LogP contribution is -1.96. The summed E-state index contributed by atoms with van der Waals surface area (Å²) in [6, 6.07) is 0. The van der Waals surface area contributed by atoms with Gasteiger partial charge >= 0.3 is 0 Å². The number of allylic oxidation sites excluding steroid dienone is 1. The maximum Gasteiger partial charge on any atom is 0.146 e. The summed E-state index contributed by atoms with van der Waals surface area (Å²) in [5, 5.41) is 1.17. The van der Waals surface area contributed by atoms with E-state index in [1.54, 1.807) is 7.11 Å². The van der Waals surface area contributed by atoms with Crippen LogP contribution in [0.5, 0.6) is 0 Å². The van der Waals surface area contributed by atoms with E-state index in [4.69, 9.17) is 9.47 Å². The Bertz CT molecular complexity index is 207. The molecule has 0 unspecified atom stereocenters. The molecular formula is C18H35BrO2. The van der Waals surface area contributed by atoms with Crippen LogP contribution in [0.3, 0.4) is 0 Å². The molecule has 0 aliphatic carbocycles. The van der Waals surface area contributed by atoms with Gasteiger partial charge in [-0.05, 0) is 25.7 Å². The van der Waals surface area contributed by atoms with Crippen LogP contribution in [0.25, 0.3) is 0 Å². The van der Waals surface area contributed by atoms with Crippen LogP contribution in [0.4, 0.5) is 0 Å². The summed E-state index contributed by atoms with van der Waals surface area (Å²) < 4.78 is 10.0. The van der Waals surface area contributed by atoms with Crippen LogP contribution in [0.1, 0.15) is 77.0 Å². The Morgan fingerprint density at radius 3 is 1.81 bits per heavy atom. The molecule has 21 heavy (non-hydrogen) atoms. The van der Waals surface area contributed by atoms with Crippen molar-refractivity contribution < 1.29 is 9.47 Å². The second-order valence-electron chi connectivity index (χ2n) is 5.59. The van der Waals surface area contributed by atoms with Crippen molar-refractivity contribution in [2.24, 2.45) is 0 Å². The highest BCUT2D eigenvalue weighted by molar-refractivity contribution is 9.09. The number of alkyl halides is 1. The first-order valence-corrected chi connectivity index (χ1v) is 9.81. The Morgan fingerprint density at radius 1 is 0.714 bits per heavy atom. The first kappa shape index (κ1) is 21.1. The number of hydrogen-bond acceptors (Lipinski definition) is 2. The Morgan fingerprint density at radius 2 is 1.24 bits per heavy atom. The van der Waals surface area contributed by atoms with Gasteiger partial charge in [0.05, 0.1) is 6.61 Å². The number of rotatable bonds is 17. The zero-order valence-electron chi connectivity index (χ0n) is 14.0. The molecule has 0 amide bonds. The third kappa shape index (κ3) is 20.1. The number of hydrogen-bond donors (Lipinski definition) is 0. The van der Waals surface area contributed by atoms with Crippen molar-refractivity contribution in [1.82, 2.24) is 0 Å². The molecule has 0 aromatic carbocycles. The molecule has 0 radical (unpaired) electrons. The molecule has 126 valence electrons. The van der Waals surface area contributed by atoms with Crippen LogP contribution >= 0.6 is 15.9 Å². The summed E-state index contributed by atoms with van der Waals surface area (Å²) in [5.41, 5.74) is 0. The van der Waals surface area contributed by atoms with Crippen LogP contribution in [0.2, 0.25) is 0 Å². The van der Waals surface area contributed by atoms with E-state index < -0.39 is 0 Å². The Hall–Kier alpha value is 0.140. The third-order valence-corrected chi connectivity index (χ3v) is 4.11. The monoisotopic (exact) mass is 362 g/mol. The minimum atomic E-state index is 0.407. The van der Waals surface area contributed by atoms with Gasteiger partial charge in [-0.15, -0.1) is 0 Å². The van der Waals surface area contributed by atoms with Crippen molar-refractivity contribution in [3.05, 3.63) is 12.2 Å². The van der Waals surface area contributed by atoms with E-state index in [-0.39, 0.29) is 0 Å². The summed E-state index contributed by atoms with van der Waals surface area (Å²) in [4.78, 5) is 0. The van der Waals surface area contributed by atoms with E-state index in [1.165, 1.54) is 76.0 Å². The van der Waals surface area contributed by atoms with E-state index in [0.717, 1.165) is 13.0 Å². The van der Waals surface area contributed by atoms with E-state index in [1.807, 2.05) is 0 Å². The van der Waals surface area contributed by atoms with E-state index in [9.17, 15) is 0 Å². The summed E-state index contributed by atoms with van der Waals surface area (Å²) in [5.74, 6) is 0. The summed E-state index contributed by atoms with van der Waals surface area (Å²) in [6.07, 6.45) is 20.7. The van der Waals surface area contributed by atoms with E-state index >= 15 is 0 Å². The molecule has 0 saturated carbocycles. The van der Waals surface area contributed by atoms with Crippen LogP contribution in [-0.2, 0) is 9.47 Å². The minimum Gasteiger partial charge on any atom is -0.359 e. The molecule has 0 aromatic heterocycles. The largest absolute Gasteiger partial charge is 0.359 e. The highest BCUT2D eigenvalue weighted by Gasteiger charge is 1.92. The van der Waals surface area contributed by atoms with Gasteiger partial charge in [-0.3, -0.25) is 0 Å². The average Bonchev–Trinajstić information content (AvgIpc) is 2.50. The van der Waals surface area contributed by atoms with Gasteiger partial charge in [0.25, 0.3) is 0 Å². The molecule has 0 aromatic rings. The molecule has 0 rings (SSSR count). The minimum absolute atomic E-state index is 0.407. The lowest BCUT2D eigenvalue weighted by Gasteiger charge is -2.01. The maximum absolute atomic E-state index is 5.22. The normalized spacial score (nSPS) is 11.5. The predicted molar refractivity (Wildman–Crippen MR) is 96.2 cm³/mol. The molecule has 0 bridgehead atoms. The van der Waals surface area contributed by atoms with Crippen molar-refractivity contribution in [2.45, 2.75) is 77.0 Å². The maximum atomic E-state index is 5.22. The van der Waals surface area contributed by atoms with Gasteiger partial charge in [-0.25, -0.2) is 0 Å². The number of methoxy groups -OCH3 is 1.